The van der Waals surface area contributed by atoms with E-state index in [9.17, 15) is 4.79 Å². The maximum Gasteiger partial charge on any atom is 0.271 e. The fourth-order valence-corrected chi connectivity index (χ4v) is 4.26. The number of amides is 1. The summed E-state index contributed by atoms with van der Waals surface area (Å²) in [6, 6.07) is 5.85. The number of nitrogens with zero attached hydrogens (tertiary/aromatic N) is 1. The fourth-order valence-electron chi connectivity index (χ4n) is 3.46. The first-order valence-corrected chi connectivity index (χ1v) is 9.49. The van der Waals surface area contributed by atoms with Crippen LogP contribution in [0.25, 0.3) is 10.6 Å². The number of nitrogens with one attached hydrogen (secondary N) is 1. The predicted octanol–water partition coefficient (Wildman–Crippen LogP) is 2.79. The molecule has 25 heavy (non-hydrogen) atoms. The molecule has 1 aliphatic heterocycles. The van der Waals surface area contributed by atoms with E-state index in [0.717, 1.165) is 35.6 Å². The van der Waals surface area contributed by atoms with Crippen LogP contribution in [0, 0.1) is 5.92 Å². The molecule has 2 atom stereocenters. The molecule has 0 spiro atoms. The van der Waals surface area contributed by atoms with E-state index in [1.165, 1.54) is 17.8 Å². The molecule has 2 aliphatic rings. The Labute approximate surface area is 150 Å². The number of hydrogen-bond acceptors (Lipinski definition) is 6. The van der Waals surface area contributed by atoms with Gasteiger partial charge in [0.1, 0.15) is 10.7 Å². The first-order valence-electron chi connectivity index (χ1n) is 8.61. The summed E-state index contributed by atoms with van der Waals surface area (Å²) >= 11 is 1.45. The van der Waals surface area contributed by atoms with Crippen LogP contribution in [-0.2, 0) is 0 Å². The van der Waals surface area contributed by atoms with Crippen LogP contribution in [0.5, 0.6) is 11.5 Å². The van der Waals surface area contributed by atoms with Gasteiger partial charge in [0.25, 0.3) is 5.91 Å². The van der Waals surface area contributed by atoms with Crippen LogP contribution in [0.3, 0.4) is 0 Å². The van der Waals surface area contributed by atoms with Crippen LogP contribution in [0.4, 0.5) is 0 Å². The topological polar surface area (TPSA) is 86.5 Å². The third-order valence-corrected chi connectivity index (χ3v) is 5.78. The quantitative estimate of drug-likeness (QED) is 0.877. The van der Waals surface area contributed by atoms with Crippen molar-refractivity contribution in [2.24, 2.45) is 11.7 Å². The number of carbonyl (C=O) groups is 1. The highest BCUT2D eigenvalue weighted by Gasteiger charge is 2.26. The van der Waals surface area contributed by atoms with E-state index < -0.39 is 0 Å². The predicted molar refractivity (Wildman–Crippen MR) is 95.9 cm³/mol. The van der Waals surface area contributed by atoms with E-state index in [2.05, 4.69) is 10.3 Å². The van der Waals surface area contributed by atoms with E-state index in [1.54, 1.807) is 5.38 Å². The van der Waals surface area contributed by atoms with Crippen molar-refractivity contribution < 1.29 is 14.3 Å². The second kappa shape index (κ2) is 7.01. The molecule has 1 saturated carbocycles. The van der Waals surface area contributed by atoms with E-state index in [4.69, 9.17) is 15.2 Å². The highest BCUT2D eigenvalue weighted by atomic mass is 32.1. The van der Waals surface area contributed by atoms with Crippen LogP contribution < -0.4 is 20.5 Å². The Morgan fingerprint density at radius 2 is 2.12 bits per heavy atom. The number of aromatic nitrogens is 1. The van der Waals surface area contributed by atoms with Gasteiger partial charge in [-0.05, 0) is 43.5 Å². The number of ether oxygens (including phenoxy) is 2. The molecule has 2 unspecified atom stereocenters. The van der Waals surface area contributed by atoms with Crippen LogP contribution >= 0.6 is 11.3 Å². The Hall–Kier alpha value is -2.12. The summed E-state index contributed by atoms with van der Waals surface area (Å²) in [5.74, 6) is 1.70. The van der Waals surface area contributed by atoms with Crippen LogP contribution in [0.2, 0.25) is 0 Å². The lowest BCUT2D eigenvalue weighted by molar-refractivity contribution is 0.0903. The molecule has 0 radical (unpaired) electrons. The summed E-state index contributed by atoms with van der Waals surface area (Å²) in [4.78, 5) is 17.1. The molecule has 1 aromatic heterocycles. The zero-order chi connectivity index (χ0) is 17.2. The van der Waals surface area contributed by atoms with Crippen molar-refractivity contribution in [1.29, 1.82) is 0 Å². The number of nitrogens with two attached hydrogens (primary N) is 1. The lowest BCUT2D eigenvalue weighted by atomic mass is 9.84. The number of hydrogen-bond donors (Lipinski definition) is 2. The maximum absolute atomic E-state index is 12.6. The average Bonchev–Trinajstić information content (AvgIpc) is 3.30. The van der Waals surface area contributed by atoms with Gasteiger partial charge in [-0.2, -0.15) is 0 Å². The maximum atomic E-state index is 12.6. The highest BCUT2D eigenvalue weighted by molar-refractivity contribution is 7.13. The molecular formula is C18H21N3O3S. The van der Waals surface area contributed by atoms with Gasteiger partial charge in [-0.1, -0.05) is 12.8 Å². The van der Waals surface area contributed by atoms with Gasteiger partial charge in [-0.15, -0.1) is 11.3 Å². The van der Waals surface area contributed by atoms with Crippen LogP contribution in [-0.4, -0.2) is 30.3 Å². The van der Waals surface area contributed by atoms with Gasteiger partial charge in [0.15, 0.2) is 11.5 Å². The molecule has 4 rings (SSSR count). The molecule has 2 heterocycles. The number of carbonyl (C=O) groups excluding carboxylic acids is 1. The minimum absolute atomic E-state index is 0.117. The molecule has 3 N–H and O–H groups in total. The van der Waals surface area contributed by atoms with Gasteiger partial charge in [0.2, 0.25) is 6.79 Å². The lowest BCUT2D eigenvalue weighted by Crippen LogP contribution is -2.44. The monoisotopic (exact) mass is 359 g/mol. The standard InChI is InChI=1S/C18H21N3O3S/c19-8-12-3-1-2-4-13(12)20-17(22)14-9-25-18(21-14)11-5-6-15-16(7-11)24-10-23-15/h5-7,9,12-13H,1-4,8,10,19H2,(H,20,22). The Morgan fingerprint density at radius 1 is 1.28 bits per heavy atom. The minimum atomic E-state index is -0.117. The molecule has 6 nitrogen and oxygen atoms in total. The molecule has 2 aromatic rings. The average molecular weight is 359 g/mol. The minimum Gasteiger partial charge on any atom is -0.454 e. The van der Waals surface area contributed by atoms with Gasteiger partial charge in [-0.3, -0.25) is 4.79 Å². The SMILES string of the molecule is NCC1CCCCC1NC(=O)c1csc(-c2ccc3c(c2)OCO3)n1. The Balaban J connectivity index is 1.48. The van der Waals surface area contributed by atoms with Gasteiger partial charge in [0.05, 0.1) is 0 Å². The van der Waals surface area contributed by atoms with Gasteiger partial charge >= 0.3 is 0 Å². The van der Waals surface area contributed by atoms with Crippen molar-refractivity contribution in [3.63, 3.8) is 0 Å². The van der Waals surface area contributed by atoms with E-state index in [0.29, 0.717) is 23.9 Å². The second-order valence-corrected chi connectivity index (χ2v) is 7.32. The normalized spacial score (nSPS) is 22.0. The first-order chi connectivity index (χ1) is 12.2. The van der Waals surface area contributed by atoms with Crippen molar-refractivity contribution in [2.45, 2.75) is 31.7 Å². The Morgan fingerprint density at radius 3 is 3.00 bits per heavy atom. The molecule has 0 saturated heterocycles. The zero-order valence-electron chi connectivity index (χ0n) is 13.9. The molecule has 132 valence electrons. The molecule has 0 bridgehead atoms. The van der Waals surface area contributed by atoms with Crippen molar-refractivity contribution in [3.05, 3.63) is 29.3 Å². The van der Waals surface area contributed by atoms with Crippen molar-refractivity contribution >= 4 is 17.2 Å². The zero-order valence-corrected chi connectivity index (χ0v) is 14.7. The highest BCUT2D eigenvalue weighted by Crippen LogP contribution is 2.36. The molecule has 1 aromatic carbocycles. The van der Waals surface area contributed by atoms with E-state index >= 15 is 0 Å². The number of thiazole rings is 1. The lowest BCUT2D eigenvalue weighted by Gasteiger charge is -2.31. The fraction of sp³-hybridized carbons (Fsp3) is 0.444. The third-order valence-electron chi connectivity index (χ3n) is 4.88. The van der Waals surface area contributed by atoms with Crippen LogP contribution in [0.15, 0.2) is 23.6 Å². The van der Waals surface area contributed by atoms with Gasteiger partial charge < -0.3 is 20.5 Å². The second-order valence-electron chi connectivity index (χ2n) is 6.47. The van der Waals surface area contributed by atoms with Gasteiger partial charge in [-0.25, -0.2) is 4.98 Å². The van der Waals surface area contributed by atoms with Crippen molar-refractivity contribution in [2.75, 3.05) is 13.3 Å². The number of rotatable bonds is 4. The smallest absolute Gasteiger partial charge is 0.271 e. The molecule has 1 amide bonds. The molecular weight excluding hydrogens is 338 g/mol. The molecule has 1 aliphatic carbocycles. The molecule has 1 fully saturated rings. The van der Waals surface area contributed by atoms with Crippen LogP contribution in [0.1, 0.15) is 36.2 Å². The summed E-state index contributed by atoms with van der Waals surface area (Å²) in [5, 5.41) is 5.72. The summed E-state index contributed by atoms with van der Waals surface area (Å²) < 4.78 is 10.7. The van der Waals surface area contributed by atoms with Crippen molar-refractivity contribution in [3.8, 4) is 22.1 Å². The summed E-state index contributed by atoms with van der Waals surface area (Å²) in [6.07, 6.45) is 4.41. The number of benzene rings is 1. The van der Waals surface area contributed by atoms with Crippen molar-refractivity contribution in [1.82, 2.24) is 10.3 Å². The van der Waals surface area contributed by atoms with E-state index in [1.807, 2.05) is 18.2 Å². The largest absolute Gasteiger partial charge is 0.454 e. The molecule has 7 heteroatoms. The number of fused-ring (bicyclic) bond motifs is 1. The summed E-state index contributed by atoms with van der Waals surface area (Å²) in [6.45, 7) is 0.860. The summed E-state index contributed by atoms with van der Waals surface area (Å²) in [7, 11) is 0. The van der Waals surface area contributed by atoms with Gasteiger partial charge in [0, 0.05) is 17.0 Å². The Kier molecular flexibility index (Phi) is 4.59. The third kappa shape index (κ3) is 3.34. The Bertz CT molecular complexity index is 777. The summed E-state index contributed by atoms with van der Waals surface area (Å²) in [5.41, 5.74) is 7.23. The first kappa shape index (κ1) is 16.4. The van der Waals surface area contributed by atoms with E-state index in [-0.39, 0.29) is 18.7 Å².